The Morgan fingerprint density at radius 1 is 0.886 bits per heavy atom. The Balaban J connectivity index is 2.93. The average molecular weight is 494 g/mol. The smallest absolute Gasteiger partial charge is 0.326 e. The first kappa shape index (κ1) is 29.5. The van der Waals surface area contributed by atoms with Crippen LogP contribution in [0.4, 0.5) is 0 Å². The van der Waals surface area contributed by atoms with E-state index in [1.807, 2.05) is 6.07 Å². The Morgan fingerprint density at radius 2 is 1.46 bits per heavy atom. The topological polar surface area (TPSA) is 214 Å². The summed E-state index contributed by atoms with van der Waals surface area (Å²) in [7, 11) is 0. The van der Waals surface area contributed by atoms with E-state index in [-0.39, 0.29) is 18.8 Å². The molecule has 0 aromatic heterocycles. The third kappa shape index (κ3) is 10.5. The van der Waals surface area contributed by atoms with Crippen LogP contribution in [0, 0.1) is 5.92 Å². The summed E-state index contributed by atoms with van der Waals surface area (Å²) in [4.78, 5) is 61.0. The van der Waals surface area contributed by atoms with Gasteiger partial charge in [-0.15, -0.1) is 0 Å². The summed E-state index contributed by atoms with van der Waals surface area (Å²) in [6.45, 7) is 4.78. The number of amides is 4. The fourth-order valence-electron chi connectivity index (χ4n) is 3.26. The lowest BCUT2D eigenvalue weighted by Crippen LogP contribution is -2.60. The van der Waals surface area contributed by atoms with E-state index in [2.05, 4.69) is 16.0 Å². The Morgan fingerprint density at radius 3 is 1.94 bits per heavy atom. The molecule has 12 nitrogen and oxygen atoms in total. The minimum absolute atomic E-state index is 0.0597. The van der Waals surface area contributed by atoms with Crippen molar-refractivity contribution in [3.05, 3.63) is 35.9 Å². The molecule has 35 heavy (non-hydrogen) atoms. The zero-order chi connectivity index (χ0) is 26.7. The van der Waals surface area contributed by atoms with Crippen LogP contribution in [0.1, 0.15) is 39.2 Å². The highest BCUT2D eigenvalue weighted by molar-refractivity contribution is 5.96. The van der Waals surface area contributed by atoms with Crippen LogP contribution in [0.2, 0.25) is 0 Å². The molecular formula is C23H35N5O7. The van der Waals surface area contributed by atoms with Gasteiger partial charge < -0.3 is 37.6 Å². The largest absolute Gasteiger partial charge is 0.480 e. The molecule has 0 saturated carbocycles. The third-order valence-corrected chi connectivity index (χ3v) is 5.06. The summed E-state index contributed by atoms with van der Waals surface area (Å²) in [6.07, 6.45) is -1.71. The maximum atomic E-state index is 12.8. The molecule has 0 radical (unpaired) electrons. The van der Waals surface area contributed by atoms with Crippen LogP contribution in [0.15, 0.2) is 30.3 Å². The quantitative estimate of drug-likeness (QED) is 0.160. The van der Waals surface area contributed by atoms with E-state index < -0.39 is 66.3 Å². The zero-order valence-electron chi connectivity index (χ0n) is 20.1. The fraction of sp³-hybridized carbons (Fsp3) is 0.522. The molecule has 0 bridgehead atoms. The highest BCUT2D eigenvalue weighted by Gasteiger charge is 2.33. The van der Waals surface area contributed by atoms with Gasteiger partial charge in [-0.1, -0.05) is 44.2 Å². The number of aliphatic carboxylic acids is 1. The molecule has 194 valence electrons. The molecule has 0 aliphatic rings. The molecule has 4 amide bonds. The molecule has 0 fully saturated rings. The van der Waals surface area contributed by atoms with Crippen molar-refractivity contribution in [2.75, 3.05) is 0 Å². The number of nitrogens with two attached hydrogens (primary N) is 2. The van der Waals surface area contributed by atoms with Gasteiger partial charge in [0, 0.05) is 0 Å². The Bertz CT molecular complexity index is 892. The highest BCUT2D eigenvalue weighted by atomic mass is 16.4. The summed E-state index contributed by atoms with van der Waals surface area (Å²) < 4.78 is 0. The molecule has 0 heterocycles. The second-order valence-corrected chi connectivity index (χ2v) is 8.78. The Hall–Kier alpha value is -3.51. The number of carbonyl (C=O) groups excluding carboxylic acids is 4. The normalized spacial score (nSPS) is 15.3. The lowest BCUT2D eigenvalue weighted by molar-refractivity contribution is -0.143. The van der Waals surface area contributed by atoms with Crippen molar-refractivity contribution in [3.8, 4) is 0 Å². The van der Waals surface area contributed by atoms with Crippen molar-refractivity contribution in [1.29, 1.82) is 0 Å². The first-order chi connectivity index (χ1) is 16.3. The molecule has 1 rings (SSSR count). The van der Waals surface area contributed by atoms with Crippen molar-refractivity contribution in [3.63, 3.8) is 0 Å². The summed E-state index contributed by atoms with van der Waals surface area (Å²) in [6, 6.07) is 3.64. The van der Waals surface area contributed by atoms with Gasteiger partial charge in [0.1, 0.15) is 18.1 Å². The number of aliphatic hydroxyl groups excluding tert-OH is 1. The first-order valence-electron chi connectivity index (χ1n) is 11.2. The standard InChI is InChI=1S/C23H35N5O7/c1-12(2)9-17(23(34)35)27-21(32)16(11-18(25)30)26-22(33)19(13(3)29)28-20(31)15(24)10-14-7-5-4-6-8-14/h4-8,12-13,15-17,19,29H,9-11,24H2,1-3H3,(H2,25,30)(H,26,33)(H,27,32)(H,28,31)(H,34,35). The lowest BCUT2D eigenvalue weighted by atomic mass is 10.0. The van der Waals surface area contributed by atoms with Crippen molar-refractivity contribution in [1.82, 2.24) is 16.0 Å². The van der Waals surface area contributed by atoms with Crippen molar-refractivity contribution >= 4 is 29.6 Å². The van der Waals surface area contributed by atoms with E-state index in [1.54, 1.807) is 38.1 Å². The maximum absolute atomic E-state index is 12.8. The Labute approximate surface area is 203 Å². The van der Waals surface area contributed by atoms with Gasteiger partial charge in [-0.3, -0.25) is 19.2 Å². The minimum Gasteiger partial charge on any atom is -0.480 e. The van der Waals surface area contributed by atoms with Gasteiger partial charge in [0.05, 0.1) is 18.6 Å². The average Bonchev–Trinajstić information content (AvgIpc) is 2.75. The van der Waals surface area contributed by atoms with Gasteiger partial charge in [-0.2, -0.15) is 0 Å². The molecule has 9 N–H and O–H groups in total. The number of hydrogen-bond donors (Lipinski definition) is 7. The van der Waals surface area contributed by atoms with Gasteiger partial charge in [0.15, 0.2) is 0 Å². The van der Waals surface area contributed by atoms with Crippen molar-refractivity contribution < 1.29 is 34.2 Å². The predicted octanol–water partition coefficient (Wildman–Crippen LogP) is -1.60. The number of carboxylic acid groups (broad SMARTS) is 1. The van der Waals surface area contributed by atoms with Crippen LogP contribution in [-0.2, 0) is 30.4 Å². The minimum atomic E-state index is -1.52. The van der Waals surface area contributed by atoms with Gasteiger partial charge in [0.2, 0.25) is 23.6 Å². The number of primary amides is 1. The number of nitrogens with one attached hydrogen (secondary N) is 3. The van der Waals surface area contributed by atoms with Crippen LogP contribution < -0.4 is 27.4 Å². The van der Waals surface area contributed by atoms with Crippen LogP contribution in [-0.4, -0.2) is 70.1 Å². The predicted molar refractivity (Wildman–Crippen MR) is 126 cm³/mol. The summed E-state index contributed by atoms with van der Waals surface area (Å²) in [5.74, 6) is -4.90. The number of benzene rings is 1. The molecule has 0 spiro atoms. The van der Waals surface area contributed by atoms with E-state index in [1.165, 1.54) is 6.92 Å². The summed E-state index contributed by atoms with van der Waals surface area (Å²) in [5, 5.41) is 26.3. The van der Waals surface area contributed by atoms with E-state index in [9.17, 15) is 34.2 Å². The molecule has 0 aliphatic carbocycles. The van der Waals surface area contributed by atoms with Crippen LogP contribution >= 0.6 is 0 Å². The van der Waals surface area contributed by atoms with Gasteiger partial charge in [-0.25, -0.2) is 4.79 Å². The number of hydrogen-bond acceptors (Lipinski definition) is 7. The van der Waals surface area contributed by atoms with Crippen LogP contribution in [0.5, 0.6) is 0 Å². The molecule has 0 saturated heterocycles. The third-order valence-electron chi connectivity index (χ3n) is 5.06. The molecule has 0 aliphatic heterocycles. The van der Waals surface area contributed by atoms with Crippen molar-refractivity contribution in [2.24, 2.45) is 17.4 Å². The van der Waals surface area contributed by atoms with Gasteiger partial charge in [-0.05, 0) is 31.2 Å². The number of aliphatic hydroxyl groups is 1. The van der Waals surface area contributed by atoms with Crippen LogP contribution in [0.3, 0.4) is 0 Å². The fourth-order valence-corrected chi connectivity index (χ4v) is 3.26. The summed E-state index contributed by atoms with van der Waals surface area (Å²) >= 11 is 0. The lowest BCUT2D eigenvalue weighted by Gasteiger charge is -2.26. The highest BCUT2D eigenvalue weighted by Crippen LogP contribution is 2.07. The van der Waals surface area contributed by atoms with Crippen LogP contribution in [0.25, 0.3) is 0 Å². The second kappa shape index (κ2) is 14.0. The molecule has 1 aromatic rings. The summed E-state index contributed by atoms with van der Waals surface area (Å²) in [5.41, 5.74) is 11.9. The van der Waals surface area contributed by atoms with E-state index in [0.717, 1.165) is 5.56 Å². The maximum Gasteiger partial charge on any atom is 0.326 e. The van der Waals surface area contributed by atoms with Gasteiger partial charge >= 0.3 is 5.97 Å². The van der Waals surface area contributed by atoms with E-state index >= 15 is 0 Å². The number of rotatable bonds is 14. The molecular weight excluding hydrogens is 458 g/mol. The van der Waals surface area contributed by atoms with E-state index in [0.29, 0.717) is 0 Å². The monoisotopic (exact) mass is 493 g/mol. The Kier molecular flexibility index (Phi) is 11.8. The SMILES string of the molecule is CC(C)CC(NC(=O)C(CC(N)=O)NC(=O)C(NC(=O)C(N)Cc1ccccc1)C(C)O)C(=O)O. The number of carboxylic acids is 1. The first-order valence-corrected chi connectivity index (χ1v) is 11.2. The molecule has 1 aromatic carbocycles. The van der Waals surface area contributed by atoms with Gasteiger partial charge in [0.25, 0.3) is 0 Å². The molecule has 5 atom stereocenters. The van der Waals surface area contributed by atoms with Crippen molar-refractivity contribution in [2.45, 2.75) is 70.3 Å². The number of carbonyl (C=O) groups is 5. The second-order valence-electron chi connectivity index (χ2n) is 8.78. The molecule has 5 unspecified atom stereocenters. The molecule has 12 heteroatoms. The van der Waals surface area contributed by atoms with E-state index in [4.69, 9.17) is 11.5 Å². The zero-order valence-corrected chi connectivity index (χ0v) is 20.1.